The van der Waals surface area contributed by atoms with Crippen molar-refractivity contribution in [3.05, 3.63) is 29.8 Å². The second kappa shape index (κ2) is 5.01. The van der Waals surface area contributed by atoms with Crippen molar-refractivity contribution >= 4 is 11.6 Å². The molecule has 0 aliphatic rings. The number of halogens is 1. The number of phenols is 1. The highest BCUT2D eigenvalue weighted by Gasteiger charge is 1.93. The van der Waals surface area contributed by atoms with E-state index in [9.17, 15) is 0 Å². The first kappa shape index (κ1) is 9.36. The maximum absolute atomic E-state index is 9.09. The van der Waals surface area contributed by atoms with Gasteiger partial charge >= 0.3 is 0 Å². The number of hydrogen-bond donors (Lipinski definition) is 1. The first-order valence-corrected chi connectivity index (χ1v) is 4.28. The number of ether oxygens (including phenoxy) is 1. The van der Waals surface area contributed by atoms with Gasteiger partial charge in [0.2, 0.25) is 0 Å². The minimum atomic E-state index is 0.266. The Labute approximate surface area is 76.7 Å². The molecule has 0 radical (unpaired) electrons. The summed E-state index contributed by atoms with van der Waals surface area (Å²) in [5.41, 5.74) is 0.958. The van der Waals surface area contributed by atoms with Gasteiger partial charge in [-0.05, 0) is 17.7 Å². The molecule has 12 heavy (non-hydrogen) atoms. The summed E-state index contributed by atoms with van der Waals surface area (Å²) in [5.74, 6) is 0.765. The molecule has 1 N–H and O–H groups in total. The number of benzene rings is 1. The van der Waals surface area contributed by atoms with E-state index in [-0.39, 0.29) is 5.75 Å². The van der Waals surface area contributed by atoms with Crippen molar-refractivity contribution in [1.82, 2.24) is 0 Å². The smallest absolute Gasteiger partial charge is 0.115 e. The fourth-order valence-electron chi connectivity index (χ4n) is 0.891. The van der Waals surface area contributed by atoms with Gasteiger partial charge < -0.3 is 9.84 Å². The van der Waals surface area contributed by atoms with Crippen molar-refractivity contribution in [3.8, 4) is 5.75 Å². The van der Waals surface area contributed by atoms with E-state index in [1.165, 1.54) is 0 Å². The lowest BCUT2D eigenvalue weighted by molar-refractivity contribution is 0.135. The molecule has 0 atom stereocenters. The van der Waals surface area contributed by atoms with Gasteiger partial charge in [-0.25, -0.2) is 0 Å². The normalized spacial score (nSPS) is 10.1. The molecule has 0 unspecified atom stereocenters. The van der Waals surface area contributed by atoms with Gasteiger partial charge in [-0.1, -0.05) is 12.1 Å². The Kier molecular flexibility index (Phi) is 3.91. The molecule has 0 heterocycles. The molecule has 0 bridgehead atoms. The third kappa shape index (κ3) is 3.11. The first-order chi connectivity index (χ1) is 5.83. The summed E-state index contributed by atoms with van der Waals surface area (Å²) in [6.45, 7) is 1.04. The molecule has 0 aliphatic heterocycles. The predicted octanol–water partition coefficient (Wildman–Crippen LogP) is 2.15. The topological polar surface area (TPSA) is 29.5 Å². The van der Waals surface area contributed by atoms with Crippen molar-refractivity contribution in [2.24, 2.45) is 0 Å². The van der Waals surface area contributed by atoms with Crippen LogP contribution < -0.4 is 0 Å². The molecule has 1 rings (SSSR count). The minimum Gasteiger partial charge on any atom is -0.508 e. The monoisotopic (exact) mass is 186 g/mol. The van der Waals surface area contributed by atoms with Crippen LogP contribution in [0.3, 0.4) is 0 Å². The lowest BCUT2D eigenvalue weighted by Gasteiger charge is -2.01. The van der Waals surface area contributed by atoms with Crippen molar-refractivity contribution in [2.45, 2.75) is 6.61 Å². The maximum Gasteiger partial charge on any atom is 0.115 e. The van der Waals surface area contributed by atoms with Crippen LogP contribution in [-0.2, 0) is 11.3 Å². The lowest BCUT2D eigenvalue weighted by Crippen LogP contribution is -1.95. The molecule has 1 aromatic carbocycles. The van der Waals surface area contributed by atoms with Gasteiger partial charge in [-0.15, -0.1) is 11.6 Å². The molecule has 0 aromatic heterocycles. The van der Waals surface area contributed by atoms with E-state index in [0.717, 1.165) is 5.56 Å². The standard InChI is InChI=1S/C9H11ClO2/c10-4-5-12-7-8-2-1-3-9(11)6-8/h1-3,6,11H,4-5,7H2. The summed E-state index contributed by atoms with van der Waals surface area (Å²) in [6, 6.07) is 6.99. The van der Waals surface area contributed by atoms with Crippen molar-refractivity contribution in [3.63, 3.8) is 0 Å². The highest BCUT2D eigenvalue weighted by atomic mass is 35.5. The Morgan fingerprint density at radius 1 is 1.42 bits per heavy atom. The lowest BCUT2D eigenvalue weighted by atomic mass is 10.2. The highest BCUT2D eigenvalue weighted by Crippen LogP contribution is 2.11. The number of phenolic OH excluding ortho intramolecular Hbond substituents is 1. The Hall–Kier alpha value is -0.730. The van der Waals surface area contributed by atoms with Gasteiger partial charge in [0.25, 0.3) is 0 Å². The van der Waals surface area contributed by atoms with Crippen LogP contribution in [0.15, 0.2) is 24.3 Å². The van der Waals surface area contributed by atoms with E-state index in [4.69, 9.17) is 21.4 Å². The molecule has 0 saturated carbocycles. The summed E-state index contributed by atoms with van der Waals surface area (Å²) in [7, 11) is 0. The first-order valence-electron chi connectivity index (χ1n) is 3.74. The molecular formula is C9H11ClO2. The summed E-state index contributed by atoms with van der Waals surface area (Å²) in [6.07, 6.45) is 0. The molecule has 0 amide bonds. The van der Waals surface area contributed by atoms with Gasteiger partial charge in [-0.2, -0.15) is 0 Å². The summed E-state index contributed by atoms with van der Waals surface area (Å²) in [4.78, 5) is 0. The molecule has 1 aromatic rings. The van der Waals surface area contributed by atoms with Gasteiger partial charge in [0.05, 0.1) is 13.2 Å². The maximum atomic E-state index is 9.09. The van der Waals surface area contributed by atoms with E-state index in [0.29, 0.717) is 19.1 Å². The van der Waals surface area contributed by atoms with Gasteiger partial charge in [0.1, 0.15) is 5.75 Å². The van der Waals surface area contributed by atoms with Crippen molar-refractivity contribution in [1.29, 1.82) is 0 Å². The van der Waals surface area contributed by atoms with E-state index in [1.54, 1.807) is 18.2 Å². The Bertz CT molecular complexity index is 238. The third-order valence-corrected chi connectivity index (χ3v) is 1.56. The summed E-state index contributed by atoms with van der Waals surface area (Å²) < 4.78 is 5.18. The average molecular weight is 187 g/mol. The summed E-state index contributed by atoms with van der Waals surface area (Å²) in [5, 5.41) is 9.09. The Morgan fingerprint density at radius 3 is 2.92 bits per heavy atom. The fourth-order valence-corrected chi connectivity index (χ4v) is 1.000. The molecule has 3 heteroatoms. The Balaban J connectivity index is 2.41. The van der Waals surface area contributed by atoms with Gasteiger partial charge in [0, 0.05) is 5.88 Å². The van der Waals surface area contributed by atoms with Crippen LogP contribution in [0.25, 0.3) is 0 Å². The van der Waals surface area contributed by atoms with E-state index < -0.39 is 0 Å². The SMILES string of the molecule is Oc1cccc(COCCCl)c1. The van der Waals surface area contributed by atoms with Gasteiger partial charge in [-0.3, -0.25) is 0 Å². The average Bonchev–Trinajstić information content (AvgIpc) is 2.05. The molecule has 2 nitrogen and oxygen atoms in total. The zero-order chi connectivity index (χ0) is 8.81. The number of alkyl halides is 1. The number of aromatic hydroxyl groups is 1. The van der Waals surface area contributed by atoms with E-state index in [2.05, 4.69) is 0 Å². The van der Waals surface area contributed by atoms with Crippen LogP contribution in [0.5, 0.6) is 5.75 Å². The predicted molar refractivity (Wildman–Crippen MR) is 48.5 cm³/mol. The van der Waals surface area contributed by atoms with Crippen molar-refractivity contribution in [2.75, 3.05) is 12.5 Å². The van der Waals surface area contributed by atoms with E-state index in [1.807, 2.05) is 6.07 Å². The minimum absolute atomic E-state index is 0.266. The molecule has 0 spiro atoms. The zero-order valence-corrected chi connectivity index (χ0v) is 7.42. The zero-order valence-electron chi connectivity index (χ0n) is 6.66. The highest BCUT2D eigenvalue weighted by molar-refractivity contribution is 6.17. The number of hydrogen-bond acceptors (Lipinski definition) is 2. The molecule has 0 fully saturated rings. The van der Waals surface area contributed by atoms with Crippen LogP contribution in [0.2, 0.25) is 0 Å². The van der Waals surface area contributed by atoms with Crippen molar-refractivity contribution < 1.29 is 9.84 Å². The Morgan fingerprint density at radius 2 is 2.25 bits per heavy atom. The van der Waals surface area contributed by atoms with Crippen LogP contribution in [-0.4, -0.2) is 17.6 Å². The second-order valence-corrected chi connectivity index (χ2v) is 2.79. The fraction of sp³-hybridized carbons (Fsp3) is 0.333. The van der Waals surface area contributed by atoms with Crippen LogP contribution in [0.1, 0.15) is 5.56 Å². The molecule has 0 aliphatic carbocycles. The van der Waals surface area contributed by atoms with Crippen LogP contribution in [0, 0.1) is 0 Å². The largest absolute Gasteiger partial charge is 0.508 e. The molecule has 0 saturated heterocycles. The van der Waals surface area contributed by atoms with Crippen LogP contribution in [0.4, 0.5) is 0 Å². The quantitative estimate of drug-likeness (QED) is 0.577. The third-order valence-electron chi connectivity index (χ3n) is 1.40. The van der Waals surface area contributed by atoms with E-state index >= 15 is 0 Å². The molecule has 66 valence electrons. The van der Waals surface area contributed by atoms with Crippen LogP contribution >= 0.6 is 11.6 Å². The second-order valence-electron chi connectivity index (χ2n) is 2.41. The summed E-state index contributed by atoms with van der Waals surface area (Å²) >= 11 is 5.42. The number of rotatable bonds is 4. The molecular weight excluding hydrogens is 176 g/mol. The van der Waals surface area contributed by atoms with Gasteiger partial charge in [0.15, 0.2) is 0 Å².